The van der Waals surface area contributed by atoms with Gasteiger partial charge in [-0.1, -0.05) is 84.4 Å². The molecule has 1 aromatic heterocycles. The SMILES string of the molecule is O=C(c1ccccc1Cl)N1CCC(n2nc(-c3ccccc3)cc2-c2ccccc2)CC1. The zero-order valence-corrected chi connectivity index (χ0v) is 18.4. The number of hydrogen-bond donors (Lipinski definition) is 0. The largest absolute Gasteiger partial charge is 0.338 e. The summed E-state index contributed by atoms with van der Waals surface area (Å²) < 4.78 is 2.16. The molecule has 1 aliphatic heterocycles. The fourth-order valence-corrected chi connectivity index (χ4v) is 4.58. The molecule has 160 valence electrons. The molecular formula is C27H24ClN3O. The minimum atomic E-state index is 0.00257. The van der Waals surface area contributed by atoms with Gasteiger partial charge in [-0.3, -0.25) is 9.48 Å². The van der Waals surface area contributed by atoms with Crippen molar-refractivity contribution < 1.29 is 4.79 Å². The van der Waals surface area contributed by atoms with Crippen LogP contribution in [0.2, 0.25) is 5.02 Å². The summed E-state index contributed by atoms with van der Waals surface area (Å²) in [7, 11) is 0. The molecule has 0 aliphatic carbocycles. The Morgan fingerprint density at radius 3 is 2.06 bits per heavy atom. The van der Waals surface area contributed by atoms with Crippen molar-refractivity contribution in [1.29, 1.82) is 0 Å². The first kappa shape index (κ1) is 20.5. The van der Waals surface area contributed by atoms with Crippen molar-refractivity contribution in [2.45, 2.75) is 18.9 Å². The number of rotatable bonds is 4. The molecule has 0 unspecified atom stereocenters. The molecule has 0 atom stereocenters. The van der Waals surface area contributed by atoms with Crippen LogP contribution in [-0.4, -0.2) is 33.7 Å². The van der Waals surface area contributed by atoms with Crippen LogP contribution in [0, 0.1) is 0 Å². The van der Waals surface area contributed by atoms with Gasteiger partial charge in [-0.05, 0) is 36.6 Å². The normalized spacial score (nSPS) is 14.5. The lowest BCUT2D eigenvalue weighted by atomic mass is 10.0. The van der Waals surface area contributed by atoms with Crippen LogP contribution in [0.1, 0.15) is 29.2 Å². The van der Waals surface area contributed by atoms with E-state index in [1.54, 1.807) is 12.1 Å². The summed E-state index contributed by atoms with van der Waals surface area (Å²) in [6.45, 7) is 1.37. The first-order valence-corrected chi connectivity index (χ1v) is 11.3. The highest BCUT2D eigenvalue weighted by molar-refractivity contribution is 6.33. The zero-order chi connectivity index (χ0) is 21.9. The van der Waals surface area contributed by atoms with Crippen molar-refractivity contribution in [2.24, 2.45) is 0 Å². The number of carbonyl (C=O) groups is 1. The summed E-state index contributed by atoms with van der Waals surface area (Å²) in [5.41, 5.74) is 4.91. The molecule has 1 aliphatic rings. The maximum Gasteiger partial charge on any atom is 0.255 e. The Hall–Kier alpha value is -3.37. The molecule has 0 spiro atoms. The van der Waals surface area contributed by atoms with Gasteiger partial charge in [0.1, 0.15) is 0 Å². The molecule has 5 rings (SSSR count). The van der Waals surface area contributed by atoms with Crippen LogP contribution in [-0.2, 0) is 0 Å². The van der Waals surface area contributed by atoms with Gasteiger partial charge < -0.3 is 4.90 Å². The van der Waals surface area contributed by atoms with Crippen LogP contribution in [0.15, 0.2) is 91.0 Å². The number of benzene rings is 3. The molecule has 0 saturated carbocycles. The van der Waals surface area contributed by atoms with E-state index < -0.39 is 0 Å². The number of likely N-dealkylation sites (tertiary alicyclic amines) is 1. The number of piperidine rings is 1. The summed E-state index contributed by atoms with van der Waals surface area (Å²) in [5.74, 6) is 0.00257. The molecule has 1 fully saturated rings. The number of aromatic nitrogens is 2. The molecule has 3 aromatic carbocycles. The van der Waals surface area contributed by atoms with E-state index in [-0.39, 0.29) is 11.9 Å². The molecule has 2 heterocycles. The van der Waals surface area contributed by atoms with Crippen LogP contribution < -0.4 is 0 Å². The molecule has 0 radical (unpaired) electrons. The second-order valence-electron chi connectivity index (χ2n) is 8.09. The second kappa shape index (κ2) is 9.01. The van der Waals surface area contributed by atoms with Gasteiger partial charge in [0.15, 0.2) is 0 Å². The number of nitrogens with zero attached hydrogens (tertiary/aromatic N) is 3. The maximum atomic E-state index is 13.0. The molecule has 0 N–H and O–H groups in total. The molecule has 1 saturated heterocycles. The smallest absolute Gasteiger partial charge is 0.255 e. The van der Waals surface area contributed by atoms with Crippen molar-refractivity contribution in [3.05, 3.63) is 102 Å². The minimum absolute atomic E-state index is 0.00257. The highest BCUT2D eigenvalue weighted by Crippen LogP contribution is 2.33. The lowest BCUT2D eigenvalue weighted by Gasteiger charge is -2.33. The average molecular weight is 442 g/mol. The van der Waals surface area contributed by atoms with E-state index >= 15 is 0 Å². The van der Waals surface area contributed by atoms with Gasteiger partial charge in [-0.2, -0.15) is 5.10 Å². The summed E-state index contributed by atoms with van der Waals surface area (Å²) in [4.78, 5) is 14.9. The Bertz CT molecular complexity index is 1210. The average Bonchev–Trinajstić information content (AvgIpc) is 3.31. The van der Waals surface area contributed by atoms with E-state index in [1.165, 1.54) is 0 Å². The predicted molar refractivity (Wildman–Crippen MR) is 129 cm³/mol. The minimum Gasteiger partial charge on any atom is -0.338 e. The van der Waals surface area contributed by atoms with Gasteiger partial charge in [0.25, 0.3) is 5.91 Å². The van der Waals surface area contributed by atoms with E-state index in [0.29, 0.717) is 23.7 Å². The molecule has 4 aromatic rings. The number of halogens is 1. The Morgan fingerprint density at radius 1 is 0.812 bits per heavy atom. The Labute approximate surface area is 193 Å². The first-order valence-electron chi connectivity index (χ1n) is 10.9. The first-order chi connectivity index (χ1) is 15.7. The van der Waals surface area contributed by atoms with Crippen molar-refractivity contribution in [3.63, 3.8) is 0 Å². The van der Waals surface area contributed by atoms with Gasteiger partial charge >= 0.3 is 0 Å². The fourth-order valence-electron chi connectivity index (χ4n) is 4.37. The molecule has 5 heteroatoms. The molecule has 4 nitrogen and oxygen atoms in total. The summed E-state index contributed by atoms with van der Waals surface area (Å²) in [6.07, 6.45) is 1.71. The van der Waals surface area contributed by atoms with E-state index in [0.717, 1.165) is 35.4 Å². The lowest BCUT2D eigenvalue weighted by Crippen LogP contribution is -2.39. The third-order valence-electron chi connectivity index (χ3n) is 6.08. The summed E-state index contributed by atoms with van der Waals surface area (Å²) in [6, 6.07) is 30.3. The van der Waals surface area contributed by atoms with Crippen LogP contribution >= 0.6 is 11.6 Å². The summed E-state index contributed by atoms with van der Waals surface area (Å²) in [5, 5.41) is 5.52. The van der Waals surface area contributed by atoms with Crippen LogP contribution in [0.4, 0.5) is 0 Å². The van der Waals surface area contributed by atoms with Gasteiger partial charge in [0.2, 0.25) is 0 Å². The quantitative estimate of drug-likeness (QED) is 0.370. The number of amides is 1. The van der Waals surface area contributed by atoms with E-state index in [2.05, 4.69) is 47.1 Å². The Balaban J connectivity index is 1.41. The van der Waals surface area contributed by atoms with Gasteiger partial charge in [-0.25, -0.2) is 0 Å². The maximum absolute atomic E-state index is 13.0. The molecule has 1 amide bonds. The lowest BCUT2D eigenvalue weighted by molar-refractivity contribution is 0.0691. The topological polar surface area (TPSA) is 38.1 Å². The number of hydrogen-bond acceptors (Lipinski definition) is 2. The second-order valence-corrected chi connectivity index (χ2v) is 8.50. The highest BCUT2D eigenvalue weighted by Gasteiger charge is 2.28. The Morgan fingerprint density at radius 2 is 1.41 bits per heavy atom. The zero-order valence-electron chi connectivity index (χ0n) is 17.7. The van der Waals surface area contributed by atoms with E-state index in [1.807, 2.05) is 41.3 Å². The monoisotopic (exact) mass is 441 g/mol. The highest BCUT2D eigenvalue weighted by atomic mass is 35.5. The van der Waals surface area contributed by atoms with Crippen LogP contribution in [0.3, 0.4) is 0 Å². The van der Waals surface area contributed by atoms with Gasteiger partial charge in [0, 0.05) is 18.7 Å². The fraction of sp³-hybridized carbons (Fsp3) is 0.185. The molecule has 0 bridgehead atoms. The van der Waals surface area contributed by atoms with E-state index in [9.17, 15) is 4.79 Å². The van der Waals surface area contributed by atoms with E-state index in [4.69, 9.17) is 16.7 Å². The summed E-state index contributed by atoms with van der Waals surface area (Å²) >= 11 is 6.25. The standard InChI is InChI=1S/C27H24ClN3O/c28-24-14-8-7-13-23(24)27(32)30-17-15-22(16-18-30)31-26(21-11-5-2-6-12-21)19-25(29-31)20-9-3-1-4-10-20/h1-14,19,22H,15-18H2. The number of carbonyl (C=O) groups excluding carboxylic acids is 1. The third-order valence-corrected chi connectivity index (χ3v) is 6.41. The van der Waals surface area contributed by atoms with Crippen molar-refractivity contribution in [3.8, 4) is 22.5 Å². The predicted octanol–water partition coefficient (Wildman–Crippen LogP) is 6.35. The van der Waals surface area contributed by atoms with Crippen molar-refractivity contribution >= 4 is 17.5 Å². The van der Waals surface area contributed by atoms with Gasteiger partial charge in [0.05, 0.1) is 28.0 Å². The van der Waals surface area contributed by atoms with Crippen LogP contribution in [0.5, 0.6) is 0 Å². The third kappa shape index (κ3) is 4.06. The van der Waals surface area contributed by atoms with Crippen molar-refractivity contribution in [1.82, 2.24) is 14.7 Å². The molecule has 32 heavy (non-hydrogen) atoms. The molecular weight excluding hydrogens is 418 g/mol. The van der Waals surface area contributed by atoms with Crippen LogP contribution in [0.25, 0.3) is 22.5 Å². The van der Waals surface area contributed by atoms with Crippen molar-refractivity contribution in [2.75, 3.05) is 13.1 Å². The van der Waals surface area contributed by atoms with Gasteiger partial charge in [-0.15, -0.1) is 0 Å². The Kier molecular flexibility index (Phi) is 5.78.